The van der Waals surface area contributed by atoms with Crippen molar-refractivity contribution in [2.75, 3.05) is 25.5 Å². The number of benzene rings is 2. The standard InChI is InChI=1S/C30H31F2N7OS/c1-33-17-20-5-7-22(8-6-20)26-19-39(37-36-26)18-21-3-2-4-23(15-21)28(40)35-29-34-25-10-9-24(16-27(25)41-29)38-13-11-30(31,32)12-14-38/h2-8,15,17,19,24H,9-14,16,18H2,1H3,(H,34,35,40). The lowest BCUT2D eigenvalue weighted by Crippen LogP contribution is -2.46. The minimum Gasteiger partial charge on any atom is -0.300 e. The molecular weight excluding hydrogens is 544 g/mol. The molecule has 1 amide bonds. The summed E-state index contributed by atoms with van der Waals surface area (Å²) in [4.78, 5) is 25.1. The molecule has 11 heteroatoms. The van der Waals surface area contributed by atoms with Crippen LogP contribution in [0.25, 0.3) is 11.3 Å². The van der Waals surface area contributed by atoms with Gasteiger partial charge in [-0.3, -0.25) is 20.0 Å². The highest BCUT2D eigenvalue weighted by Crippen LogP contribution is 2.35. The van der Waals surface area contributed by atoms with Gasteiger partial charge in [0.15, 0.2) is 5.13 Å². The third kappa shape index (κ3) is 6.41. The molecule has 0 bridgehead atoms. The van der Waals surface area contributed by atoms with Crippen LogP contribution < -0.4 is 5.32 Å². The summed E-state index contributed by atoms with van der Waals surface area (Å²) in [7, 11) is 1.74. The van der Waals surface area contributed by atoms with E-state index in [-0.39, 0.29) is 24.8 Å². The van der Waals surface area contributed by atoms with E-state index in [1.807, 2.05) is 48.7 Å². The summed E-state index contributed by atoms with van der Waals surface area (Å²) in [6.45, 7) is 1.34. The number of halogens is 2. The number of aliphatic imine (C=N–C) groups is 1. The smallest absolute Gasteiger partial charge is 0.257 e. The van der Waals surface area contributed by atoms with Crippen LogP contribution in [-0.4, -0.2) is 69.1 Å². The van der Waals surface area contributed by atoms with Crippen molar-refractivity contribution in [2.45, 2.75) is 50.6 Å². The van der Waals surface area contributed by atoms with Crippen molar-refractivity contribution in [2.24, 2.45) is 4.99 Å². The van der Waals surface area contributed by atoms with Crippen molar-refractivity contribution in [1.82, 2.24) is 24.9 Å². The number of fused-ring (bicyclic) bond motifs is 1. The number of likely N-dealkylation sites (tertiary alicyclic amines) is 1. The molecule has 3 heterocycles. The van der Waals surface area contributed by atoms with Gasteiger partial charge >= 0.3 is 0 Å². The molecule has 0 spiro atoms. The van der Waals surface area contributed by atoms with Crippen LogP contribution in [0.2, 0.25) is 0 Å². The molecule has 212 valence electrons. The lowest BCUT2D eigenvalue weighted by molar-refractivity contribution is -0.0638. The van der Waals surface area contributed by atoms with Gasteiger partial charge in [-0.15, -0.1) is 16.4 Å². The highest BCUT2D eigenvalue weighted by atomic mass is 32.1. The minimum atomic E-state index is -2.54. The molecule has 1 unspecified atom stereocenters. The molecule has 0 radical (unpaired) electrons. The number of carbonyl (C=O) groups is 1. The average Bonchev–Trinajstić information content (AvgIpc) is 3.60. The number of nitrogens with zero attached hydrogens (tertiary/aromatic N) is 6. The van der Waals surface area contributed by atoms with E-state index >= 15 is 0 Å². The molecule has 1 aliphatic heterocycles. The minimum absolute atomic E-state index is 0.0689. The van der Waals surface area contributed by atoms with Gasteiger partial charge in [-0.2, -0.15) is 0 Å². The lowest BCUT2D eigenvalue weighted by Gasteiger charge is -2.38. The molecule has 0 saturated carbocycles. The van der Waals surface area contributed by atoms with Crippen LogP contribution in [0.1, 0.15) is 51.3 Å². The molecule has 2 aromatic heterocycles. The van der Waals surface area contributed by atoms with E-state index in [0.29, 0.717) is 30.3 Å². The van der Waals surface area contributed by atoms with Crippen molar-refractivity contribution in [3.63, 3.8) is 0 Å². The number of rotatable bonds is 7. The van der Waals surface area contributed by atoms with Gasteiger partial charge in [-0.05, 0) is 42.5 Å². The van der Waals surface area contributed by atoms with Crippen LogP contribution in [0.15, 0.2) is 59.7 Å². The molecule has 1 atom stereocenters. The summed E-state index contributed by atoms with van der Waals surface area (Å²) in [5.41, 5.74) is 5.23. The van der Waals surface area contributed by atoms with Crippen molar-refractivity contribution in [3.8, 4) is 11.3 Å². The summed E-state index contributed by atoms with van der Waals surface area (Å²) < 4.78 is 28.9. The van der Waals surface area contributed by atoms with Gasteiger partial charge in [0.25, 0.3) is 11.8 Å². The molecule has 1 aliphatic carbocycles. The molecular formula is C30H31F2N7OS. The number of aromatic nitrogens is 4. The monoisotopic (exact) mass is 575 g/mol. The molecule has 4 aromatic rings. The Kier molecular flexibility index (Phi) is 7.72. The molecule has 1 saturated heterocycles. The molecule has 2 aromatic carbocycles. The molecule has 1 N–H and O–H groups in total. The highest BCUT2D eigenvalue weighted by molar-refractivity contribution is 7.15. The van der Waals surface area contributed by atoms with E-state index in [9.17, 15) is 13.6 Å². The Labute approximate surface area is 241 Å². The maximum absolute atomic E-state index is 13.6. The Morgan fingerprint density at radius 1 is 1.20 bits per heavy atom. The number of alkyl halides is 2. The molecule has 8 nitrogen and oxygen atoms in total. The first-order valence-corrected chi connectivity index (χ1v) is 14.6. The number of anilines is 1. The largest absolute Gasteiger partial charge is 0.300 e. The van der Waals surface area contributed by atoms with Crippen LogP contribution >= 0.6 is 11.3 Å². The number of thiazole rings is 1. The van der Waals surface area contributed by atoms with Crippen LogP contribution in [0, 0.1) is 0 Å². The van der Waals surface area contributed by atoms with Gasteiger partial charge in [0.2, 0.25) is 0 Å². The summed E-state index contributed by atoms with van der Waals surface area (Å²) in [5.74, 6) is -2.76. The zero-order valence-corrected chi connectivity index (χ0v) is 23.6. The number of hydrogen-bond acceptors (Lipinski definition) is 7. The number of hydrogen-bond donors (Lipinski definition) is 1. The summed E-state index contributed by atoms with van der Waals surface area (Å²) in [6.07, 6.45) is 6.04. The van der Waals surface area contributed by atoms with Crippen LogP contribution in [0.4, 0.5) is 13.9 Å². The zero-order valence-electron chi connectivity index (χ0n) is 22.8. The Morgan fingerprint density at radius 3 is 2.78 bits per heavy atom. The van der Waals surface area contributed by atoms with Crippen molar-refractivity contribution >= 4 is 28.6 Å². The Morgan fingerprint density at radius 2 is 2.00 bits per heavy atom. The molecule has 41 heavy (non-hydrogen) atoms. The Bertz CT molecular complexity index is 1550. The summed E-state index contributed by atoms with van der Waals surface area (Å²) in [6, 6.07) is 15.6. The molecule has 6 rings (SSSR count). The van der Waals surface area contributed by atoms with E-state index < -0.39 is 5.92 Å². The third-order valence-electron chi connectivity index (χ3n) is 7.74. The van der Waals surface area contributed by atoms with Gasteiger partial charge in [-0.25, -0.2) is 18.4 Å². The molecule has 1 fully saturated rings. The van der Waals surface area contributed by atoms with Crippen LogP contribution in [0.3, 0.4) is 0 Å². The van der Waals surface area contributed by atoms with Gasteiger partial charge in [0, 0.05) is 61.2 Å². The average molecular weight is 576 g/mol. The van der Waals surface area contributed by atoms with E-state index in [1.165, 1.54) is 11.3 Å². The third-order valence-corrected chi connectivity index (χ3v) is 8.77. The van der Waals surface area contributed by atoms with Crippen LogP contribution in [-0.2, 0) is 19.4 Å². The number of carbonyl (C=O) groups excluding carboxylic acids is 1. The van der Waals surface area contributed by atoms with Gasteiger partial charge < -0.3 is 0 Å². The van der Waals surface area contributed by atoms with E-state index in [1.54, 1.807) is 24.0 Å². The summed E-state index contributed by atoms with van der Waals surface area (Å²) in [5, 5.41) is 12.1. The number of amides is 1. The van der Waals surface area contributed by atoms with Gasteiger partial charge in [0.05, 0.1) is 18.4 Å². The number of nitrogens with one attached hydrogen (secondary N) is 1. The first-order chi connectivity index (χ1) is 19.8. The lowest BCUT2D eigenvalue weighted by atomic mass is 9.94. The SMILES string of the molecule is CN=Cc1ccc(-c2cn(Cc3cccc(C(=O)Nc4nc5c(s4)CC(N4CCC(F)(F)CC4)CC5)c3)nn2)cc1. The summed E-state index contributed by atoms with van der Waals surface area (Å²) >= 11 is 1.49. The second-order valence-corrected chi connectivity index (χ2v) is 11.7. The number of piperidine rings is 1. The fourth-order valence-corrected chi connectivity index (χ4v) is 6.58. The van der Waals surface area contributed by atoms with Crippen molar-refractivity contribution in [3.05, 3.63) is 82.0 Å². The van der Waals surface area contributed by atoms with E-state index in [4.69, 9.17) is 0 Å². The molecule has 2 aliphatic rings. The number of aryl methyl sites for hydroxylation is 1. The van der Waals surface area contributed by atoms with Crippen molar-refractivity contribution in [1.29, 1.82) is 0 Å². The van der Waals surface area contributed by atoms with E-state index in [2.05, 4.69) is 30.5 Å². The normalized spacial score (nSPS) is 18.9. The quantitative estimate of drug-likeness (QED) is 0.301. The van der Waals surface area contributed by atoms with Gasteiger partial charge in [-0.1, -0.05) is 41.6 Å². The Hall–Kier alpha value is -3.83. The maximum Gasteiger partial charge on any atom is 0.257 e. The second kappa shape index (κ2) is 11.6. The zero-order chi connectivity index (χ0) is 28.4. The topological polar surface area (TPSA) is 88.3 Å². The van der Waals surface area contributed by atoms with E-state index in [0.717, 1.165) is 52.2 Å². The highest BCUT2D eigenvalue weighted by Gasteiger charge is 2.37. The fraction of sp³-hybridized carbons (Fsp3) is 0.367. The van der Waals surface area contributed by atoms with Crippen molar-refractivity contribution < 1.29 is 13.6 Å². The fourth-order valence-electron chi connectivity index (χ4n) is 5.50. The predicted molar refractivity (Wildman–Crippen MR) is 156 cm³/mol. The predicted octanol–water partition coefficient (Wildman–Crippen LogP) is 5.34. The first-order valence-electron chi connectivity index (χ1n) is 13.8. The van der Waals surface area contributed by atoms with Crippen LogP contribution in [0.5, 0.6) is 0 Å². The van der Waals surface area contributed by atoms with Gasteiger partial charge in [0.1, 0.15) is 5.69 Å². The second-order valence-electron chi connectivity index (χ2n) is 10.6. The maximum atomic E-state index is 13.6. The Balaban J connectivity index is 1.07. The first kappa shape index (κ1) is 27.3.